The van der Waals surface area contributed by atoms with Crippen LogP contribution in [0.25, 0.3) is 0 Å². The van der Waals surface area contributed by atoms with E-state index in [1.165, 1.54) is 15.9 Å². The fraction of sp³-hybridized carbons (Fsp3) is 0. The zero-order chi connectivity index (χ0) is 26.4. The van der Waals surface area contributed by atoms with Crippen molar-refractivity contribution in [3.05, 3.63) is 91.0 Å². The molecule has 3 aromatic carbocycles. The second-order valence-corrected chi connectivity index (χ2v) is 10.6. The molecule has 0 bridgehead atoms. The summed E-state index contributed by atoms with van der Waals surface area (Å²) >= 11 is 0. The van der Waals surface area contributed by atoms with Crippen molar-refractivity contribution in [2.75, 3.05) is 0 Å². The van der Waals surface area contributed by atoms with Gasteiger partial charge < -0.3 is 0 Å². The molecule has 6 N–H and O–H groups in total. The van der Waals surface area contributed by atoms with E-state index in [4.69, 9.17) is 52.6 Å². The van der Waals surface area contributed by atoms with Crippen LogP contribution in [-0.4, -0.2) is 52.6 Å². The summed E-state index contributed by atoms with van der Waals surface area (Å²) in [6, 6.07) is 32.3. The first kappa shape index (κ1) is 31.7. The largest absolute Gasteiger partial charge is 0.394 e. The summed E-state index contributed by atoms with van der Waals surface area (Å²) < 4.78 is 94.8. The maximum Gasteiger partial charge on any atom is 0.394 e. The van der Waals surface area contributed by atoms with Gasteiger partial charge in [0.15, 0.2) is 0 Å². The smallest absolute Gasteiger partial charge is 0.264 e. The number of benzene rings is 3. The molecule has 34 heavy (non-hydrogen) atoms. The highest BCUT2D eigenvalue weighted by atomic mass is 32.3. The first-order valence-corrected chi connectivity index (χ1v) is 14.0. The Labute approximate surface area is 198 Å². The van der Waals surface area contributed by atoms with Gasteiger partial charge in [-0.3, -0.25) is 27.3 Å². The van der Waals surface area contributed by atoms with E-state index in [9.17, 15) is 0 Å². The summed E-state index contributed by atoms with van der Waals surface area (Å²) in [4.78, 5) is 0. The molecule has 3 rings (SSSR count). The Balaban J connectivity index is 0.000000599. The van der Waals surface area contributed by atoms with E-state index in [0.717, 1.165) is 0 Å². The Kier molecular flexibility index (Phi) is 13.8. The maximum absolute atomic E-state index is 8.74. The predicted molar refractivity (Wildman–Crippen MR) is 128 cm³/mol. The van der Waals surface area contributed by atoms with Crippen LogP contribution in [-0.2, 0) is 31.2 Å². The van der Waals surface area contributed by atoms with E-state index in [1.54, 1.807) is 0 Å². The van der Waals surface area contributed by atoms with Crippen LogP contribution in [0, 0.1) is 0 Å². The average Bonchev–Trinajstić information content (AvgIpc) is 2.67. The lowest BCUT2D eigenvalue weighted by atomic mass is 10.4. The van der Waals surface area contributed by atoms with Gasteiger partial charge in [-0.15, -0.1) is 0 Å². The lowest BCUT2D eigenvalue weighted by Gasteiger charge is -2.18. The minimum Gasteiger partial charge on any atom is -0.264 e. The SMILES string of the molecule is O=S(=O)(O)O.O=S(=O)(O)O.O=S(=O)(O)O.c1ccc(P(c2ccccc2)c2ccccc2)cc1. The molecule has 0 unspecified atom stereocenters. The summed E-state index contributed by atoms with van der Waals surface area (Å²) in [7, 11) is -14.4. The molecule has 0 atom stereocenters. The van der Waals surface area contributed by atoms with Crippen LogP contribution in [0.3, 0.4) is 0 Å². The summed E-state index contributed by atoms with van der Waals surface area (Å²) in [5.41, 5.74) is 0. The molecule has 0 aromatic heterocycles. The summed E-state index contributed by atoms with van der Waals surface area (Å²) in [5.74, 6) is 0. The third kappa shape index (κ3) is 21.5. The summed E-state index contributed by atoms with van der Waals surface area (Å²) in [6.45, 7) is 0. The van der Waals surface area contributed by atoms with E-state index < -0.39 is 39.1 Å². The maximum atomic E-state index is 8.74. The average molecular weight is 557 g/mol. The summed E-state index contributed by atoms with van der Waals surface area (Å²) in [6.07, 6.45) is 0. The van der Waals surface area contributed by atoms with Crippen molar-refractivity contribution in [1.29, 1.82) is 0 Å². The third-order valence-corrected chi connectivity index (χ3v) is 5.49. The first-order chi connectivity index (χ1) is 15.4. The Morgan fingerprint density at radius 1 is 0.382 bits per heavy atom. The van der Waals surface area contributed by atoms with Gasteiger partial charge in [-0.1, -0.05) is 91.0 Å². The molecule has 0 aliphatic rings. The molecule has 188 valence electrons. The molecule has 0 radical (unpaired) electrons. The Bertz CT molecular complexity index is 1090. The van der Waals surface area contributed by atoms with Gasteiger partial charge in [0.05, 0.1) is 0 Å². The molecule has 0 aliphatic heterocycles. The molecule has 16 heteroatoms. The fourth-order valence-electron chi connectivity index (χ4n) is 2.18. The van der Waals surface area contributed by atoms with Gasteiger partial charge in [-0.2, -0.15) is 25.3 Å². The van der Waals surface area contributed by atoms with Gasteiger partial charge in [-0.05, 0) is 23.8 Å². The number of hydrogen-bond donors (Lipinski definition) is 6. The molecule has 0 saturated carbocycles. The van der Waals surface area contributed by atoms with Gasteiger partial charge >= 0.3 is 31.2 Å². The normalized spacial score (nSPS) is 11.0. The molecular formula is C18H21O12PS3. The topological polar surface area (TPSA) is 224 Å². The monoisotopic (exact) mass is 556 g/mol. The molecule has 0 fully saturated rings. The first-order valence-electron chi connectivity index (χ1n) is 8.50. The third-order valence-electron chi connectivity index (χ3n) is 3.04. The number of hydrogen-bond acceptors (Lipinski definition) is 6. The van der Waals surface area contributed by atoms with Crippen LogP contribution in [0.5, 0.6) is 0 Å². The standard InChI is InChI=1S/C18H15P.3H2O4S/c1-4-10-16(11-5-1)19(17-12-6-2-7-13-17)18-14-8-3-9-15-18;3*1-5(2,3)4/h1-15H;3*(H2,1,2,3,4). The highest BCUT2D eigenvalue weighted by Gasteiger charge is 2.14. The number of rotatable bonds is 3. The zero-order valence-electron chi connectivity index (χ0n) is 17.0. The highest BCUT2D eigenvalue weighted by molar-refractivity contribution is 7.80. The Morgan fingerprint density at radius 2 is 0.529 bits per heavy atom. The van der Waals surface area contributed by atoms with Crippen molar-refractivity contribution in [2.45, 2.75) is 0 Å². The fourth-order valence-corrected chi connectivity index (χ4v) is 4.48. The van der Waals surface area contributed by atoms with Crippen LogP contribution in [0.15, 0.2) is 91.0 Å². The second-order valence-electron chi connectivity index (χ2n) is 5.69. The van der Waals surface area contributed by atoms with Crippen molar-refractivity contribution in [2.24, 2.45) is 0 Å². The van der Waals surface area contributed by atoms with Gasteiger partial charge in [0.25, 0.3) is 0 Å². The summed E-state index contributed by atoms with van der Waals surface area (Å²) in [5, 5.41) is 4.19. The zero-order valence-corrected chi connectivity index (χ0v) is 20.3. The van der Waals surface area contributed by atoms with Crippen LogP contribution < -0.4 is 15.9 Å². The predicted octanol–water partition coefficient (Wildman–Crippen LogP) is 1.49. The highest BCUT2D eigenvalue weighted by Crippen LogP contribution is 2.32. The lowest BCUT2D eigenvalue weighted by Crippen LogP contribution is -2.20. The molecule has 0 saturated heterocycles. The van der Waals surface area contributed by atoms with E-state index in [0.29, 0.717) is 0 Å². The van der Waals surface area contributed by atoms with Gasteiger partial charge in [0.1, 0.15) is 0 Å². The van der Waals surface area contributed by atoms with Gasteiger partial charge in [0.2, 0.25) is 0 Å². The van der Waals surface area contributed by atoms with Crippen molar-refractivity contribution in [3.8, 4) is 0 Å². The van der Waals surface area contributed by atoms with E-state index in [-0.39, 0.29) is 0 Å². The Hall–Kier alpha value is -2.30. The molecule has 0 aliphatic carbocycles. The van der Waals surface area contributed by atoms with Crippen LogP contribution >= 0.6 is 7.92 Å². The molecular weight excluding hydrogens is 535 g/mol. The van der Waals surface area contributed by atoms with Gasteiger partial charge in [0, 0.05) is 0 Å². The quantitative estimate of drug-likeness (QED) is 0.199. The van der Waals surface area contributed by atoms with Crippen LogP contribution in [0.4, 0.5) is 0 Å². The van der Waals surface area contributed by atoms with E-state index in [1.807, 2.05) is 0 Å². The van der Waals surface area contributed by atoms with Crippen molar-refractivity contribution in [1.82, 2.24) is 0 Å². The van der Waals surface area contributed by atoms with E-state index >= 15 is 0 Å². The molecule has 0 spiro atoms. The van der Waals surface area contributed by atoms with Crippen molar-refractivity contribution in [3.63, 3.8) is 0 Å². The minimum absolute atomic E-state index is 0.446. The minimum atomic E-state index is -4.67. The Morgan fingerprint density at radius 3 is 0.676 bits per heavy atom. The molecule has 0 amide bonds. The molecule has 12 nitrogen and oxygen atoms in total. The van der Waals surface area contributed by atoms with Gasteiger partial charge in [-0.25, -0.2) is 0 Å². The van der Waals surface area contributed by atoms with Crippen molar-refractivity contribution < 1.29 is 52.6 Å². The van der Waals surface area contributed by atoms with E-state index in [2.05, 4.69) is 91.0 Å². The van der Waals surface area contributed by atoms with Crippen molar-refractivity contribution >= 4 is 55.0 Å². The molecule has 3 aromatic rings. The van der Waals surface area contributed by atoms with Crippen LogP contribution in [0.1, 0.15) is 0 Å². The second kappa shape index (κ2) is 14.9. The van der Waals surface area contributed by atoms with Crippen LogP contribution in [0.2, 0.25) is 0 Å². The molecule has 0 heterocycles. The lowest BCUT2D eigenvalue weighted by molar-refractivity contribution is 0.378.